The molecule has 1 aromatic carbocycles. The third-order valence-corrected chi connectivity index (χ3v) is 18.0. The van der Waals surface area contributed by atoms with Crippen LogP contribution < -0.4 is 0 Å². The van der Waals surface area contributed by atoms with E-state index in [0.29, 0.717) is 0 Å². The van der Waals surface area contributed by atoms with E-state index in [4.69, 9.17) is 18.2 Å². The standard InChI is InChI=1S/C55H88N2O2S3/c1-9-13-15-17-19-21-23-25-27-29-37-58-39-31-35-55(36-32-40-59-38-30-28-26-24-22-20-18-16-14-10-2)45-41-47(60-51(45)52-46(55)42-48(61-52)54(7,8)12-4)43-33-34-44(53(5,6)11-3)50-49(43)56-62-57-50/h33-34,41-42H,9-32,35-40H2,1-8H3. The smallest absolute Gasteiger partial charge is 0.113 e. The molecule has 0 N–H and O–H groups in total. The van der Waals surface area contributed by atoms with Crippen LogP contribution in [0, 0.1) is 0 Å². The largest absolute Gasteiger partial charge is 0.381 e. The summed E-state index contributed by atoms with van der Waals surface area (Å²) in [4.78, 5) is 5.87. The van der Waals surface area contributed by atoms with Gasteiger partial charge in [0.05, 0.1) is 11.7 Å². The van der Waals surface area contributed by atoms with Crippen LogP contribution >= 0.6 is 34.4 Å². The van der Waals surface area contributed by atoms with Crippen molar-refractivity contribution in [3.05, 3.63) is 45.8 Å². The second-order valence-electron chi connectivity index (χ2n) is 20.2. The molecule has 0 spiro atoms. The van der Waals surface area contributed by atoms with Crippen molar-refractivity contribution in [2.75, 3.05) is 26.4 Å². The molecule has 0 aliphatic heterocycles. The number of thiophene rings is 2. The van der Waals surface area contributed by atoms with E-state index in [1.807, 2.05) is 11.3 Å². The fraction of sp³-hybridized carbons (Fsp3) is 0.745. The van der Waals surface area contributed by atoms with Gasteiger partial charge in [-0.25, -0.2) is 0 Å². The zero-order chi connectivity index (χ0) is 44.3. The molecule has 348 valence electrons. The van der Waals surface area contributed by atoms with Crippen LogP contribution in [0.3, 0.4) is 0 Å². The van der Waals surface area contributed by atoms with Crippen LogP contribution in [-0.4, -0.2) is 35.2 Å². The normalized spacial score (nSPS) is 13.7. The zero-order valence-corrected chi connectivity index (χ0v) is 43.4. The summed E-state index contributed by atoms with van der Waals surface area (Å²) < 4.78 is 22.7. The first-order valence-corrected chi connectivity index (χ1v) is 28.2. The number of hydrogen-bond donors (Lipinski definition) is 0. The van der Waals surface area contributed by atoms with Crippen LogP contribution in [0.5, 0.6) is 0 Å². The van der Waals surface area contributed by atoms with Crippen molar-refractivity contribution < 1.29 is 9.47 Å². The molecule has 1 aliphatic carbocycles. The summed E-state index contributed by atoms with van der Waals surface area (Å²) >= 11 is 5.43. The van der Waals surface area contributed by atoms with Crippen LogP contribution in [-0.2, 0) is 25.7 Å². The van der Waals surface area contributed by atoms with E-state index >= 15 is 0 Å². The number of benzene rings is 1. The quantitative estimate of drug-likeness (QED) is 0.0432. The second kappa shape index (κ2) is 26.5. The summed E-state index contributed by atoms with van der Waals surface area (Å²) in [6.07, 6.45) is 33.8. The maximum Gasteiger partial charge on any atom is 0.113 e. The first-order chi connectivity index (χ1) is 30.1. The van der Waals surface area contributed by atoms with Gasteiger partial charge in [-0.1, -0.05) is 183 Å². The van der Waals surface area contributed by atoms with Crippen LogP contribution in [0.15, 0.2) is 24.3 Å². The molecule has 1 aliphatic rings. The third-order valence-electron chi connectivity index (χ3n) is 14.6. The summed E-state index contributed by atoms with van der Waals surface area (Å²) in [7, 11) is 0. The van der Waals surface area contributed by atoms with Crippen molar-refractivity contribution in [1.82, 2.24) is 8.75 Å². The molecular formula is C55H88N2O2S3. The van der Waals surface area contributed by atoms with E-state index in [-0.39, 0.29) is 16.2 Å². The molecule has 5 rings (SSSR count). The van der Waals surface area contributed by atoms with Crippen molar-refractivity contribution in [3.8, 4) is 20.2 Å². The number of nitrogens with zero attached hydrogens (tertiary/aromatic N) is 2. The molecular weight excluding hydrogens is 817 g/mol. The Balaban J connectivity index is 1.29. The summed E-state index contributed by atoms with van der Waals surface area (Å²) in [6, 6.07) is 9.90. The Morgan fingerprint density at radius 2 is 0.952 bits per heavy atom. The topological polar surface area (TPSA) is 44.2 Å². The first-order valence-electron chi connectivity index (χ1n) is 25.8. The number of rotatable bonds is 35. The molecule has 3 aromatic heterocycles. The van der Waals surface area contributed by atoms with Crippen molar-refractivity contribution in [2.45, 2.75) is 239 Å². The minimum atomic E-state index is -0.0391. The van der Waals surface area contributed by atoms with Gasteiger partial charge in [0.1, 0.15) is 11.0 Å². The van der Waals surface area contributed by atoms with Crippen molar-refractivity contribution in [3.63, 3.8) is 0 Å². The minimum Gasteiger partial charge on any atom is -0.381 e. The van der Waals surface area contributed by atoms with E-state index < -0.39 is 0 Å². The van der Waals surface area contributed by atoms with Gasteiger partial charge in [-0.05, 0) is 91.0 Å². The van der Waals surface area contributed by atoms with Gasteiger partial charge in [0.25, 0.3) is 0 Å². The van der Waals surface area contributed by atoms with E-state index in [1.165, 1.54) is 171 Å². The molecule has 0 saturated carbocycles. The highest BCUT2D eigenvalue weighted by atomic mass is 32.1. The highest BCUT2D eigenvalue weighted by Crippen LogP contribution is 2.61. The number of fused-ring (bicyclic) bond motifs is 4. The first kappa shape index (κ1) is 51.3. The highest BCUT2D eigenvalue weighted by Gasteiger charge is 2.46. The average molecular weight is 906 g/mol. The molecule has 4 nitrogen and oxygen atoms in total. The fourth-order valence-electron chi connectivity index (χ4n) is 9.62. The zero-order valence-electron chi connectivity index (χ0n) is 41.0. The lowest BCUT2D eigenvalue weighted by Crippen LogP contribution is -2.26. The number of hydrogen-bond acceptors (Lipinski definition) is 7. The predicted molar refractivity (Wildman–Crippen MR) is 275 cm³/mol. The van der Waals surface area contributed by atoms with Crippen LogP contribution in [0.1, 0.15) is 244 Å². The van der Waals surface area contributed by atoms with Crippen LogP contribution in [0.2, 0.25) is 0 Å². The maximum atomic E-state index is 6.42. The SMILES string of the molecule is CCCCCCCCCCCCOCCCC1(CCCOCCCCCCCCCCCC)c2cc(-c3ccc(C(C)(C)CC)c4nsnc34)sc2-c2sc(C(C)(C)CC)cc21. The van der Waals surface area contributed by atoms with Gasteiger partial charge in [0.15, 0.2) is 0 Å². The van der Waals surface area contributed by atoms with Crippen molar-refractivity contribution in [2.24, 2.45) is 0 Å². The molecule has 4 aromatic rings. The van der Waals surface area contributed by atoms with Crippen molar-refractivity contribution >= 4 is 45.4 Å². The van der Waals surface area contributed by atoms with Gasteiger partial charge < -0.3 is 9.47 Å². The number of ether oxygens (including phenoxy) is 2. The van der Waals surface area contributed by atoms with Gasteiger partial charge >= 0.3 is 0 Å². The van der Waals surface area contributed by atoms with Crippen molar-refractivity contribution in [1.29, 1.82) is 0 Å². The molecule has 0 bridgehead atoms. The van der Waals surface area contributed by atoms with E-state index in [0.717, 1.165) is 76.0 Å². The second-order valence-corrected chi connectivity index (χ2v) is 22.8. The lowest BCUT2D eigenvalue weighted by atomic mass is 9.71. The Morgan fingerprint density at radius 3 is 1.47 bits per heavy atom. The third kappa shape index (κ3) is 13.9. The molecule has 0 atom stereocenters. The lowest BCUT2D eigenvalue weighted by molar-refractivity contribution is 0.114. The Labute approximate surface area is 392 Å². The van der Waals surface area contributed by atoms with Gasteiger partial charge in [-0.15, -0.1) is 22.7 Å². The van der Waals surface area contributed by atoms with E-state index in [1.54, 1.807) is 11.1 Å². The van der Waals surface area contributed by atoms with Crippen LogP contribution in [0.25, 0.3) is 31.2 Å². The monoisotopic (exact) mass is 905 g/mol. The lowest BCUT2D eigenvalue weighted by Gasteiger charge is -2.32. The fourth-order valence-corrected chi connectivity index (χ4v) is 13.1. The minimum absolute atomic E-state index is 0.0391. The summed E-state index contributed by atoms with van der Waals surface area (Å²) in [5.74, 6) is 0. The summed E-state index contributed by atoms with van der Waals surface area (Å²) in [5.41, 5.74) is 7.99. The molecule has 0 amide bonds. The Morgan fingerprint density at radius 1 is 0.500 bits per heavy atom. The van der Waals surface area contributed by atoms with Crippen LogP contribution in [0.4, 0.5) is 0 Å². The molecule has 62 heavy (non-hydrogen) atoms. The Kier molecular flexibility index (Phi) is 21.9. The molecule has 0 unspecified atom stereocenters. The van der Waals surface area contributed by atoms with Gasteiger partial charge in [-0.2, -0.15) is 8.75 Å². The Hall–Kier alpha value is -1.64. The summed E-state index contributed by atoms with van der Waals surface area (Å²) in [6.45, 7) is 22.2. The summed E-state index contributed by atoms with van der Waals surface area (Å²) in [5, 5.41) is 0. The number of unbranched alkanes of at least 4 members (excludes halogenated alkanes) is 18. The molecule has 7 heteroatoms. The van der Waals surface area contributed by atoms with E-state index in [2.05, 4.69) is 91.0 Å². The van der Waals surface area contributed by atoms with E-state index in [9.17, 15) is 0 Å². The molecule has 3 heterocycles. The van der Waals surface area contributed by atoms with Gasteiger partial charge in [0, 0.05) is 56.9 Å². The van der Waals surface area contributed by atoms with Gasteiger partial charge in [0.2, 0.25) is 0 Å². The Bertz CT molecular complexity index is 1820. The highest BCUT2D eigenvalue weighted by molar-refractivity contribution is 7.24. The average Bonchev–Trinajstić information content (AvgIpc) is 4.08. The molecule has 0 fully saturated rings. The van der Waals surface area contributed by atoms with Gasteiger partial charge in [-0.3, -0.25) is 0 Å². The maximum absolute atomic E-state index is 6.42. The molecule has 0 saturated heterocycles. The number of aromatic nitrogens is 2. The predicted octanol–water partition coefficient (Wildman–Crippen LogP) is 18.6. The molecule has 0 radical (unpaired) electrons.